The van der Waals surface area contributed by atoms with E-state index in [0.29, 0.717) is 23.9 Å². The molecule has 3 aromatic rings. The molecule has 0 aliphatic rings. The normalized spacial score (nSPS) is 11.2. The molecule has 1 N–H and O–H groups in total. The number of anilines is 1. The molecule has 10 heteroatoms. The lowest BCUT2D eigenvalue weighted by Gasteiger charge is -2.24. The molecule has 0 aromatic heterocycles. The molecule has 6 nitrogen and oxygen atoms in total. The molecule has 0 fully saturated rings. The summed E-state index contributed by atoms with van der Waals surface area (Å²) in [7, 11) is -4.09. The van der Waals surface area contributed by atoms with Crippen LogP contribution in [0.4, 0.5) is 10.1 Å². The molecule has 0 unspecified atom stereocenters. The van der Waals surface area contributed by atoms with Crippen LogP contribution in [-0.2, 0) is 20.6 Å². The van der Waals surface area contributed by atoms with Crippen molar-refractivity contribution in [2.75, 3.05) is 29.8 Å². The van der Waals surface area contributed by atoms with Crippen LogP contribution in [0.25, 0.3) is 0 Å². The van der Waals surface area contributed by atoms with Crippen molar-refractivity contribution >= 4 is 45.0 Å². The van der Waals surface area contributed by atoms with Crippen LogP contribution in [0, 0.1) is 5.82 Å². The Hall–Kier alpha value is -2.75. The Morgan fingerprint density at radius 2 is 1.81 bits per heavy atom. The minimum atomic E-state index is -4.09. The van der Waals surface area contributed by atoms with Crippen LogP contribution in [0.3, 0.4) is 0 Å². The number of halogens is 2. The van der Waals surface area contributed by atoms with Gasteiger partial charge in [-0.1, -0.05) is 23.7 Å². The van der Waals surface area contributed by atoms with E-state index in [2.05, 4.69) is 5.32 Å². The number of amides is 1. The fraction of sp³-hybridized carbons (Fsp3) is 0.269. The summed E-state index contributed by atoms with van der Waals surface area (Å²) in [6.45, 7) is 2.25. The van der Waals surface area contributed by atoms with Gasteiger partial charge >= 0.3 is 0 Å². The van der Waals surface area contributed by atoms with Gasteiger partial charge in [0.1, 0.15) is 18.1 Å². The highest BCUT2D eigenvalue weighted by atomic mass is 35.5. The molecular formula is C26H28ClFN2O4S2. The molecule has 1 amide bonds. The number of nitrogens with zero attached hydrogens (tertiary/aromatic N) is 1. The molecule has 36 heavy (non-hydrogen) atoms. The highest BCUT2D eigenvalue weighted by Crippen LogP contribution is 2.25. The highest BCUT2D eigenvalue weighted by molar-refractivity contribution is 7.98. The average molecular weight is 551 g/mol. The van der Waals surface area contributed by atoms with E-state index in [0.717, 1.165) is 39.9 Å². The molecule has 0 aliphatic heterocycles. The summed E-state index contributed by atoms with van der Waals surface area (Å²) < 4.78 is 46.6. The van der Waals surface area contributed by atoms with Crippen LogP contribution >= 0.6 is 23.4 Å². The van der Waals surface area contributed by atoms with Crippen LogP contribution in [0.5, 0.6) is 5.75 Å². The summed E-state index contributed by atoms with van der Waals surface area (Å²) in [5, 5.41) is 3.48. The van der Waals surface area contributed by atoms with Gasteiger partial charge in [0, 0.05) is 17.3 Å². The van der Waals surface area contributed by atoms with Gasteiger partial charge in [-0.15, -0.1) is 0 Å². The Bertz CT molecular complexity index is 1240. The van der Waals surface area contributed by atoms with E-state index in [9.17, 15) is 17.6 Å². The number of hydrogen-bond acceptors (Lipinski definition) is 5. The van der Waals surface area contributed by atoms with Crippen molar-refractivity contribution in [1.29, 1.82) is 0 Å². The lowest BCUT2D eigenvalue weighted by atomic mass is 10.2. The van der Waals surface area contributed by atoms with Crippen molar-refractivity contribution in [3.8, 4) is 5.75 Å². The molecule has 0 radical (unpaired) electrons. The first-order valence-electron chi connectivity index (χ1n) is 11.4. The first kappa shape index (κ1) is 27.8. The third-order valence-electron chi connectivity index (χ3n) is 5.07. The smallest absolute Gasteiger partial charge is 0.264 e. The average Bonchev–Trinajstić information content (AvgIpc) is 2.86. The standard InChI is InChI=1S/C26H28ClFN2O4S2/c1-2-34-24-11-13-25(14-12-24)36(32,33)30(23-9-7-22(28)8-10-23)18-26(31)29-15-4-16-35-19-20-5-3-6-21(27)17-20/h3,5-14,17H,2,4,15-16,18-19H2,1H3,(H,29,31). The molecule has 0 aliphatic carbocycles. The Kier molecular flexibility index (Phi) is 10.5. The molecule has 0 saturated carbocycles. The van der Waals surface area contributed by atoms with Crippen LogP contribution in [0.15, 0.2) is 77.7 Å². The van der Waals surface area contributed by atoms with Crippen molar-refractivity contribution in [3.63, 3.8) is 0 Å². The number of sulfonamides is 1. The van der Waals surface area contributed by atoms with E-state index in [1.165, 1.54) is 24.3 Å². The maximum absolute atomic E-state index is 13.5. The second-order valence-electron chi connectivity index (χ2n) is 7.78. The largest absolute Gasteiger partial charge is 0.494 e. The third kappa shape index (κ3) is 8.15. The molecular weight excluding hydrogens is 523 g/mol. The van der Waals surface area contributed by atoms with E-state index < -0.39 is 28.3 Å². The van der Waals surface area contributed by atoms with Crippen molar-refractivity contribution in [3.05, 3.63) is 89.2 Å². The second-order valence-corrected chi connectivity index (χ2v) is 11.2. The number of thioether (sulfide) groups is 1. The zero-order valence-electron chi connectivity index (χ0n) is 19.8. The third-order valence-corrected chi connectivity index (χ3v) is 8.21. The summed E-state index contributed by atoms with van der Waals surface area (Å²) >= 11 is 7.72. The predicted octanol–water partition coefficient (Wildman–Crippen LogP) is 5.51. The quantitative estimate of drug-likeness (QED) is 0.284. The Balaban J connectivity index is 1.60. The van der Waals surface area contributed by atoms with E-state index in [4.69, 9.17) is 16.3 Å². The number of benzene rings is 3. The number of hydrogen-bond donors (Lipinski definition) is 1. The van der Waals surface area contributed by atoms with Gasteiger partial charge in [-0.3, -0.25) is 9.10 Å². The summed E-state index contributed by atoms with van der Waals surface area (Å²) in [6.07, 6.45) is 0.721. The topological polar surface area (TPSA) is 75.7 Å². The van der Waals surface area contributed by atoms with Crippen molar-refractivity contribution < 1.29 is 22.3 Å². The predicted molar refractivity (Wildman–Crippen MR) is 144 cm³/mol. The maximum atomic E-state index is 13.5. The zero-order chi connectivity index (χ0) is 26.0. The maximum Gasteiger partial charge on any atom is 0.264 e. The van der Waals surface area contributed by atoms with Crippen LogP contribution in [0.2, 0.25) is 5.02 Å². The Morgan fingerprint density at radius 1 is 1.08 bits per heavy atom. The summed E-state index contributed by atoms with van der Waals surface area (Å²) in [5.74, 6) is 1.22. The number of ether oxygens (including phenoxy) is 1. The van der Waals surface area contributed by atoms with Crippen molar-refractivity contribution in [2.45, 2.75) is 24.0 Å². The minimum absolute atomic E-state index is 0.000457. The van der Waals surface area contributed by atoms with Gasteiger partial charge in [0.15, 0.2) is 0 Å². The SMILES string of the molecule is CCOc1ccc(S(=O)(=O)N(CC(=O)NCCCSCc2cccc(Cl)c2)c2ccc(F)cc2)cc1. The number of rotatable bonds is 13. The van der Waals surface area contributed by atoms with Crippen molar-refractivity contribution in [1.82, 2.24) is 5.32 Å². The molecule has 0 heterocycles. The second kappa shape index (κ2) is 13.5. The van der Waals surface area contributed by atoms with Gasteiger partial charge in [0.2, 0.25) is 5.91 Å². The van der Waals surface area contributed by atoms with Crippen molar-refractivity contribution in [2.24, 2.45) is 0 Å². The summed E-state index contributed by atoms with van der Waals surface area (Å²) in [6, 6.07) is 18.6. The fourth-order valence-corrected chi connectivity index (χ4v) is 5.87. The number of carbonyl (C=O) groups excluding carboxylic acids is 1. The summed E-state index contributed by atoms with van der Waals surface area (Å²) in [5.41, 5.74) is 1.32. The van der Waals surface area contributed by atoms with Gasteiger partial charge in [0.05, 0.1) is 17.2 Å². The van der Waals surface area contributed by atoms with Crippen LogP contribution in [0.1, 0.15) is 18.9 Å². The highest BCUT2D eigenvalue weighted by Gasteiger charge is 2.27. The van der Waals surface area contributed by atoms with Gasteiger partial charge in [0.25, 0.3) is 10.0 Å². The van der Waals surface area contributed by atoms with Crippen LogP contribution in [-0.4, -0.2) is 39.8 Å². The van der Waals surface area contributed by atoms with Gasteiger partial charge < -0.3 is 10.1 Å². The molecule has 192 valence electrons. The molecule has 0 saturated heterocycles. The monoisotopic (exact) mass is 550 g/mol. The lowest BCUT2D eigenvalue weighted by molar-refractivity contribution is -0.119. The van der Waals surface area contributed by atoms with E-state index >= 15 is 0 Å². The first-order chi connectivity index (χ1) is 17.3. The van der Waals surface area contributed by atoms with Crippen LogP contribution < -0.4 is 14.4 Å². The van der Waals surface area contributed by atoms with Gasteiger partial charge in [-0.05, 0) is 85.3 Å². The molecule has 3 rings (SSSR count). The minimum Gasteiger partial charge on any atom is -0.494 e. The number of carbonyl (C=O) groups is 1. The lowest BCUT2D eigenvalue weighted by Crippen LogP contribution is -2.41. The van der Waals surface area contributed by atoms with E-state index in [1.807, 2.05) is 31.2 Å². The first-order valence-corrected chi connectivity index (χ1v) is 14.4. The van der Waals surface area contributed by atoms with E-state index in [1.54, 1.807) is 23.9 Å². The van der Waals surface area contributed by atoms with E-state index in [-0.39, 0.29) is 10.6 Å². The van der Waals surface area contributed by atoms with Gasteiger partial charge in [-0.2, -0.15) is 11.8 Å². The Morgan fingerprint density at radius 3 is 2.47 bits per heavy atom. The van der Waals surface area contributed by atoms with Gasteiger partial charge in [-0.25, -0.2) is 12.8 Å². The molecule has 0 atom stereocenters. The molecule has 0 bridgehead atoms. The number of nitrogens with one attached hydrogen (secondary N) is 1. The zero-order valence-corrected chi connectivity index (χ0v) is 22.2. The molecule has 3 aromatic carbocycles. The molecule has 0 spiro atoms. The Labute approximate surface area is 220 Å². The fourth-order valence-electron chi connectivity index (χ4n) is 3.33. The summed E-state index contributed by atoms with van der Waals surface area (Å²) in [4.78, 5) is 12.7.